The maximum Gasteiger partial charge on any atom is 0.113 e. The van der Waals surface area contributed by atoms with Crippen LogP contribution in [0.3, 0.4) is 0 Å². The van der Waals surface area contributed by atoms with Crippen LogP contribution in [0.2, 0.25) is 0 Å². The van der Waals surface area contributed by atoms with Crippen molar-refractivity contribution >= 4 is 11.0 Å². The standard InChI is InChI=1S/C15H17N3/c1-15(2,3)18-13-7-4-10(9-16)8-12(13)17-14(18)11-5-6-11/h4,7-8,11H,5-6H2,1-3H3. The van der Waals surface area contributed by atoms with Gasteiger partial charge in [0.1, 0.15) is 5.82 Å². The summed E-state index contributed by atoms with van der Waals surface area (Å²) in [4.78, 5) is 4.76. The van der Waals surface area contributed by atoms with Gasteiger partial charge in [0.05, 0.1) is 22.7 Å². The van der Waals surface area contributed by atoms with Gasteiger partial charge in [-0.15, -0.1) is 0 Å². The summed E-state index contributed by atoms with van der Waals surface area (Å²) in [6.45, 7) is 6.62. The summed E-state index contributed by atoms with van der Waals surface area (Å²) in [6.07, 6.45) is 2.48. The molecule has 3 heteroatoms. The smallest absolute Gasteiger partial charge is 0.113 e. The van der Waals surface area contributed by atoms with Gasteiger partial charge in [0.15, 0.2) is 0 Å². The minimum Gasteiger partial charge on any atom is -0.322 e. The number of hydrogen-bond donors (Lipinski definition) is 0. The lowest BCUT2D eigenvalue weighted by atomic mass is 10.1. The molecule has 0 N–H and O–H groups in total. The molecule has 92 valence electrons. The van der Waals surface area contributed by atoms with Crippen molar-refractivity contribution in [3.8, 4) is 6.07 Å². The summed E-state index contributed by atoms with van der Waals surface area (Å²) in [6, 6.07) is 7.98. The molecule has 0 spiro atoms. The summed E-state index contributed by atoms with van der Waals surface area (Å²) in [5.74, 6) is 1.80. The van der Waals surface area contributed by atoms with E-state index in [1.165, 1.54) is 18.7 Å². The third-order valence-corrected chi connectivity index (χ3v) is 3.42. The molecular weight excluding hydrogens is 222 g/mol. The number of benzene rings is 1. The first kappa shape index (κ1) is 11.3. The maximum atomic E-state index is 8.97. The zero-order valence-electron chi connectivity index (χ0n) is 11.1. The molecule has 0 bridgehead atoms. The lowest BCUT2D eigenvalue weighted by Gasteiger charge is -2.24. The fourth-order valence-electron chi connectivity index (χ4n) is 2.49. The van der Waals surface area contributed by atoms with Crippen LogP contribution < -0.4 is 0 Å². The average molecular weight is 239 g/mol. The Kier molecular flexibility index (Phi) is 2.25. The van der Waals surface area contributed by atoms with Gasteiger partial charge < -0.3 is 4.57 Å². The second-order valence-corrected chi connectivity index (χ2v) is 6.07. The van der Waals surface area contributed by atoms with Crippen LogP contribution in [0, 0.1) is 11.3 Å². The maximum absolute atomic E-state index is 8.97. The van der Waals surface area contributed by atoms with Gasteiger partial charge in [0, 0.05) is 11.5 Å². The molecule has 1 aliphatic rings. The first-order chi connectivity index (χ1) is 8.50. The Morgan fingerprint density at radius 3 is 2.61 bits per heavy atom. The van der Waals surface area contributed by atoms with Crippen LogP contribution in [0.5, 0.6) is 0 Å². The largest absolute Gasteiger partial charge is 0.322 e. The molecular formula is C15H17N3. The van der Waals surface area contributed by atoms with E-state index >= 15 is 0 Å². The highest BCUT2D eigenvalue weighted by molar-refractivity contribution is 5.78. The number of imidazole rings is 1. The molecule has 18 heavy (non-hydrogen) atoms. The molecule has 0 atom stereocenters. The van der Waals surface area contributed by atoms with E-state index in [-0.39, 0.29) is 5.54 Å². The van der Waals surface area contributed by atoms with E-state index in [4.69, 9.17) is 10.2 Å². The summed E-state index contributed by atoms with van der Waals surface area (Å²) >= 11 is 0. The number of aromatic nitrogens is 2. The Hall–Kier alpha value is -1.82. The number of rotatable bonds is 1. The minimum absolute atomic E-state index is 0.0286. The molecule has 1 aliphatic carbocycles. The van der Waals surface area contributed by atoms with Crippen molar-refractivity contribution in [1.82, 2.24) is 9.55 Å². The van der Waals surface area contributed by atoms with E-state index < -0.39 is 0 Å². The molecule has 0 amide bonds. The van der Waals surface area contributed by atoms with Gasteiger partial charge in [0.25, 0.3) is 0 Å². The Morgan fingerprint density at radius 1 is 1.33 bits per heavy atom. The van der Waals surface area contributed by atoms with E-state index in [1.807, 2.05) is 18.2 Å². The molecule has 0 saturated heterocycles. The molecule has 1 fully saturated rings. The first-order valence-electron chi connectivity index (χ1n) is 6.43. The van der Waals surface area contributed by atoms with E-state index in [1.54, 1.807) is 0 Å². The van der Waals surface area contributed by atoms with Crippen LogP contribution in [0.25, 0.3) is 11.0 Å². The molecule has 1 aromatic heterocycles. The van der Waals surface area contributed by atoms with Crippen molar-refractivity contribution in [2.75, 3.05) is 0 Å². The van der Waals surface area contributed by atoms with Crippen molar-refractivity contribution in [2.45, 2.75) is 45.1 Å². The summed E-state index contributed by atoms with van der Waals surface area (Å²) in [7, 11) is 0. The lowest BCUT2D eigenvalue weighted by Crippen LogP contribution is -2.23. The van der Waals surface area contributed by atoms with E-state index in [9.17, 15) is 0 Å². The van der Waals surface area contributed by atoms with Crippen LogP contribution in [-0.4, -0.2) is 9.55 Å². The average Bonchev–Trinajstić information content (AvgIpc) is 3.07. The molecule has 0 radical (unpaired) electrons. The molecule has 0 aliphatic heterocycles. The van der Waals surface area contributed by atoms with Crippen molar-refractivity contribution in [1.29, 1.82) is 5.26 Å². The monoisotopic (exact) mass is 239 g/mol. The molecule has 2 aromatic rings. The summed E-state index contributed by atoms with van der Waals surface area (Å²) in [5.41, 5.74) is 2.80. The first-order valence-corrected chi connectivity index (χ1v) is 6.43. The topological polar surface area (TPSA) is 41.6 Å². The normalized spacial score (nSPS) is 15.9. The molecule has 3 nitrogen and oxygen atoms in total. The van der Waals surface area contributed by atoms with Gasteiger partial charge in [-0.25, -0.2) is 4.98 Å². The van der Waals surface area contributed by atoms with Gasteiger partial charge >= 0.3 is 0 Å². The predicted molar refractivity (Wildman–Crippen MR) is 71.4 cm³/mol. The SMILES string of the molecule is CC(C)(C)n1c(C2CC2)nc2cc(C#N)ccc21. The van der Waals surface area contributed by atoms with Crippen LogP contribution in [0.4, 0.5) is 0 Å². The zero-order chi connectivity index (χ0) is 12.9. The van der Waals surface area contributed by atoms with Gasteiger partial charge in [-0.05, 0) is 51.8 Å². The van der Waals surface area contributed by atoms with Crippen LogP contribution in [-0.2, 0) is 5.54 Å². The Balaban J connectivity index is 2.30. The lowest BCUT2D eigenvalue weighted by molar-refractivity contribution is 0.394. The van der Waals surface area contributed by atoms with Crippen LogP contribution >= 0.6 is 0 Å². The molecule has 1 heterocycles. The summed E-state index contributed by atoms with van der Waals surface area (Å²) < 4.78 is 2.33. The Labute approximate surface area is 107 Å². The van der Waals surface area contributed by atoms with Gasteiger partial charge in [-0.1, -0.05) is 0 Å². The second kappa shape index (κ2) is 3.58. The van der Waals surface area contributed by atoms with E-state index in [0.29, 0.717) is 11.5 Å². The van der Waals surface area contributed by atoms with E-state index in [0.717, 1.165) is 11.0 Å². The highest BCUT2D eigenvalue weighted by Gasteiger charge is 2.32. The fraction of sp³-hybridized carbons (Fsp3) is 0.467. The third kappa shape index (κ3) is 1.69. The second-order valence-electron chi connectivity index (χ2n) is 6.07. The van der Waals surface area contributed by atoms with Crippen molar-refractivity contribution in [2.24, 2.45) is 0 Å². The zero-order valence-corrected chi connectivity index (χ0v) is 11.1. The van der Waals surface area contributed by atoms with Crippen molar-refractivity contribution in [3.63, 3.8) is 0 Å². The van der Waals surface area contributed by atoms with Crippen LogP contribution in [0.1, 0.15) is 50.9 Å². The van der Waals surface area contributed by atoms with Crippen molar-refractivity contribution in [3.05, 3.63) is 29.6 Å². The highest BCUT2D eigenvalue weighted by atomic mass is 15.1. The minimum atomic E-state index is 0.0286. The highest BCUT2D eigenvalue weighted by Crippen LogP contribution is 2.42. The number of fused-ring (bicyclic) bond motifs is 1. The van der Waals surface area contributed by atoms with Gasteiger partial charge in [0.2, 0.25) is 0 Å². The molecule has 0 unspecified atom stereocenters. The van der Waals surface area contributed by atoms with Crippen molar-refractivity contribution < 1.29 is 0 Å². The van der Waals surface area contributed by atoms with E-state index in [2.05, 4.69) is 31.4 Å². The quantitative estimate of drug-likeness (QED) is 0.763. The Bertz CT molecular complexity index is 649. The number of nitrogens with zero attached hydrogens (tertiary/aromatic N) is 3. The summed E-state index contributed by atoms with van der Waals surface area (Å²) in [5, 5.41) is 8.97. The number of nitriles is 1. The molecule has 1 saturated carbocycles. The Morgan fingerprint density at radius 2 is 2.06 bits per heavy atom. The van der Waals surface area contributed by atoms with Gasteiger partial charge in [-0.3, -0.25) is 0 Å². The predicted octanol–water partition coefficient (Wildman–Crippen LogP) is 3.54. The molecule has 1 aromatic carbocycles. The number of hydrogen-bond acceptors (Lipinski definition) is 2. The molecule has 3 rings (SSSR count). The van der Waals surface area contributed by atoms with Gasteiger partial charge in [-0.2, -0.15) is 5.26 Å². The fourth-order valence-corrected chi connectivity index (χ4v) is 2.49. The third-order valence-electron chi connectivity index (χ3n) is 3.42. The van der Waals surface area contributed by atoms with Crippen LogP contribution in [0.15, 0.2) is 18.2 Å².